The average Bonchev–Trinajstić information content (AvgIpc) is 2.33. The van der Waals surface area contributed by atoms with Gasteiger partial charge in [-0.3, -0.25) is 9.78 Å². The number of amides is 1. The molecule has 17 heavy (non-hydrogen) atoms. The molecular weight excluding hydrogens is 238 g/mol. The van der Waals surface area contributed by atoms with Gasteiger partial charge in [0.05, 0.1) is 17.9 Å². The van der Waals surface area contributed by atoms with Crippen LogP contribution in [0.25, 0.3) is 0 Å². The number of nitrogens with one attached hydrogen (secondary N) is 2. The molecule has 0 aromatic carbocycles. The minimum atomic E-state index is -0.0462. The van der Waals surface area contributed by atoms with Crippen molar-refractivity contribution in [2.75, 3.05) is 11.9 Å². The van der Waals surface area contributed by atoms with Crippen molar-refractivity contribution in [1.29, 1.82) is 0 Å². The predicted octanol–water partition coefficient (Wildman–Crippen LogP) is 1.89. The normalized spacial score (nSPS) is 19.2. The van der Waals surface area contributed by atoms with Gasteiger partial charge in [-0.2, -0.15) is 0 Å². The van der Waals surface area contributed by atoms with E-state index in [0.29, 0.717) is 0 Å². The van der Waals surface area contributed by atoms with Crippen molar-refractivity contribution in [3.05, 3.63) is 24.0 Å². The summed E-state index contributed by atoms with van der Waals surface area (Å²) in [4.78, 5) is 16.0. The Bertz CT molecular complexity index is 361. The zero-order valence-electron chi connectivity index (χ0n) is 9.90. The lowest BCUT2D eigenvalue weighted by Crippen LogP contribution is -2.43. The average molecular weight is 256 g/mol. The van der Waals surface area contributed by atoms with Crippen LogP contribution in [0.15, 0.2) is 18.3 Å². The summed E-state index contributed by atoms with van der Waals surface area (Å²) < 4.78 is 0. The highest BCUT2D eigenvalue weighted by atomic mass is 35.5. The number of nitrogens with zero attached hydrogens (tertiary/aromatic N) is 1. The fraction of sp³-hybridized carbons (Fsp3) is 0.500. The third kappa shape index (κ3) is 3.98. The number of hydrogen-bond donors (Lipinski definition) is 2. The van der Waals surface area contributed by atoms with Gasteiger partial charge in [-0.15, -0.1) is 12.4 Å². The molecule has 4 nitrogen and oxygen atoms in total. The number of anilines is 1. The third-order valence-electron chi connectivity index (χ3n) is 2.81. The molecule has 1 aromatic heterocycles. The Morgan fingerprint density at radius 2 is 2.29 bits per heavy atom. The second kappa shape index (κ2) is 6.57. The highest BCUT2D eigenvalue weighted by Gasteiger charge is 2.20. The van der Waals surface area contributed by atoms with Crippen LogP contribution < -0.4 is 10.6 Å². The number of aromatic nitrogens is 1. The molecule has 1 aliphatic rings. The lowest BCUT2D eigenvalue weighted by atomic mass is 10.0. The van der Waals surface area contributed by atoms with Crippen LogP contribution in [0.1, 0.15) is 25.0 Å². The Kier molecular flexibility index (Phi) is 5.38. The van der Waals surface area contributed by atoms with Crippen LogP contribution in [0, 0.1) is 6.92 Å². The molecule has 1 saturated heterocycles. The maximum Gasteiger partial charge on any atom is 0.241 e. The van der Waals surface area contributed by atoms with E-state index in [1.165, 1.54) is 0 Å². The monoisotopic (exact) mass is 255 g/mol. The van der Waals surface area contributed by atoms with Gasteiger partial charge in [0.15, 0.2) is 0 Å². The molecule has 1 aliphatic heterocycles. The van der Waals surface area contributed by atoms with E-state index in [0.717, 1.165) is 37.2 Å². The van der Waals surface area contributed by atoms with Gasteiger partial charge in [-0.25, -0.2) is 0 Å². The van der Waals surface area contributed by atoms with Crippen molar-refractivity contribution in [2.45, 2.75) is 32.2 Å². The third-order valence-corrected chi connectivity index (χ3v) is 2.81. The quantitative estimate of drug-likeness (QED) is 0.849. The van der Waals surface area contributed by atoms with E-state index in [4.69, 9.17) is 0 Å². The van der Waals surface area contributed by atoms with Crippen LogP contribution in [-0.2, 0) is 4.79 Å². The lowest BCUT2D eigenvalue weighted by Gasteiger charge is -2.22. The molecule has 5 heteroatoms. The number of piperidine rings is 1. The fourth-order valence-electron chi connectivity index (χ4n) is 1.85. The van der Waals surface area contributed by atoms with E-state index in [-0.39, 0.29) is 24.4 Å². The molecule has 1 atom stereocenters. The van der Waals surface area contributed by atoms with Crippen LogP contribution in [0.2, 0.25) is 0 Å². The smallest absolute Gasteiger partial charge is 0.241 e. The SMILES string of the molecule is Cc1ccc(NC(=O)[C@@H]2CCCCN2)cn1.Cl. The lowest BCUT2D eigenvalue weighted by molar-refractivity contribution is -0.118. The Labute approximate surface area is 108 Å². The van der Waals surface area contributed by atoms with E-state index in [9.17, 15) is 4.79 Å². The topological polar surface area (TPSA) is 54.0 Å². The number of hydrogen-bond acceptors (Lipinski definition) is 3. The number of pyridine rings is 1. The highest BCUT2D eigenvalue weighted by molar-refractivity contribution is 5.94. The summed E-state index contributed by atoms with van der Waals surface area (Å²) in [5, 5.41) is 6.09. The summed E-state index contributed by atoms with van der Waals surface area (Å²) in [6.45, 7) is 2.86. The maximum absolute atomic E-state index is 11.9. The first kappa shape index (κ1) is 13.9. The minimum Gasteiger partial charge on any atom is -0.323 e. The van der Waals surface area contributed by atoms with Gasteiger partial charge < -0.3 is 10.6 Å². The van der Waals surface area contributed by atoms with Gasteiger partial charge in [-0.1, -0.05) is 6.42 Å². The second-order valence-corrected chi connectivity index (χ2v) is 4.18. The molecule has 1 fully saturated rings. The van der Waals surface area contributed by atoms with Gasteiger partial charge in [-0.05, 0) is 38.4 Å². The van der Waals surface area contributed by atoms with Gasteiger partial charge in [0, 0.05) is 5.69 Å². The van der Waals surface area contributed by atoms with Crippen molar-refractivity contribution in [1.82, 2.24) is 10.3 Å². The summed E-state index contributed by atoms with van der Waals surface area (Å²) in [5.41, 5.74) is 1.72. The van der Waals surface area contributed by atoms with Gasteiger partial charge in [0.1, 0.15) is 0 Å². The van der Waals surface area contributed by atoms with Gasteiger partial charge in [0.2, 0.25) is 5.91 Å². The Balaban J connectivity index is 0.00000144. The molecule has 2 N–H and O–H groups in total. The van der Waals surface area contributed by atoms with Gasteiger partial charge >= 0.3 is 0 Å². The zero-order chi connectivity index (χ0) is 11.4. The van der Waals surface area contributed by atoms with Gasteiger partial charge in [0.25, 0.3) is 0 Å². The molecule has 0 aliphatic carbocycles. The van der Waals surface area contributed by atoms with Crippen LogP contribution >= 0.6 is 12.4 Å². The molecule has 1 amide bonds. The zero-order valence-corrected chi connectivity index (χ0v) is 10.7. The Hall–Kier alpha value is -1.13. The molecule has 1 aromatic rings. The van der Waals surface area contributed by atoms with Crippen molar-refractivity contribution in [3.63, 3.8) is 0 Å². The summed E-state index contributed by atoms with van der Waals surface area (Å²) in [7, 11) is 0. The minimum absolute atomic E-state index is 0. The van der Waals surface area contributed by atoms with E-state index in [1.807, 2.05) is 19.1 Å². The van der Waals surface area contributed by atoms with E-state index < -0.39 is 0 Å². The first-order chi connectivity index (χ1) is 7.75. The number of aryl methyl sites for hydroxylation is 1. The largest absolute Gasteiger partial charge is 0.323 e. The summed E-state index contributed by atoms with van der Waals surface area (Å²) in [6, 6.07) is 3.72. The Morgan fingerprint density at radius 1 is 1.47 bits per heavy atom. The molecule has 94 valence electrons. The van der Waals surface area contributed by atoms with E-state index in [1.54, 1.807) is 6.20 Å². The highest BCUT2D eigenvalue weighted by Crippen LogP contribution is 2.11. The second-order valence-electron chi connectivity index (χ2n) is 4.18. The molecule has 2 heterocycles. The number of halogens is 1. The Morgan fingerprint density at radius 3 is 2.88 bits per heavy atom. The van der Waals surface area contributed by atoms with E-state index >= 15 is 0 Å². The molecule has 0 bridgehead atoms. The maximum atomic E-state index is 11.9. The first-order valence-corrected chi connectivity index (χ1v) is 5.72. The van der Waals surface area contributed by atoms with E-state index in [2.05, 4.69) is 15.6 Å². The fourth-order valence-corrected chi connectivity index (χ4v) is 1.85. The van der Waals surface area contributed by atoms with Crippen LogP contribution in [0.3, 0.4) is 0 Å². The van der Waals surface area contributed by atoms with Crippen LogP contribution in [-0.4, -0.2) is 23.5 Å². The first-order valence-electron chi connectivity index (χ1n) is 5.72. The summed E-state index contributed by atoms with van der Waals surface area (Å²) in [5.74, 6) is 0.0466. The summed E-state index contributed by atoms with van der Waals surface area (Å²) >= 11 is 0. The molecule has 0 radical (unpaired) electrons. The standard InChI is InChI=1S/C12H17N3O.ClH/c1-9-5-6-10(8-14-9)15-12(16)11-4-2-3-7-13-11;/h5-6,8,11,13H,2-4,7H2,1H3,(H,15,16);1H/t11-;/m0./s1. The van der Waals surface area contributed by atoms with Crippen molar-refractivity contribution in [3.8, 4) is 0 Å². The molecule has 0 saturated carbocycles. The summed E-state index contributed by atoms with van der Waals surface area (Å²) in [6.07, 6.45) is 4.90. The van der Waals surface area contributed by atoms with Crippen molar-refractivity contribution in [2.24, 2.45) is 0 Å². The number of carbonyl (C=O) groups excluding carboxylic acids is 1. The van der Waals surface area contributed by atoms with Crippen molar-refractivity contribution >= 4 is 24.0 Å². The molecule has 2 rings (SSSR count). The number of rotatable bonds is 2. The molecule has 0 unspecified atom stereocenters. The number of carbonyl (C=O) groups is 1. The molecular formula is C12H18ClN3O. The molecule has 0 spiro atoms. The van der Waals surface area contributed by atoms with Crippen molar-refractivity contribution < 1.29 is 4.79 Å². The van der Waals surface area contributed by atoms with Crippen LogP contribution in [0.4, 0.5) is 5.69 Å². The van der Waals surface area contributed by atoms with Crippen LogP contribution in [0.5, 0.6) is 0 Å². The predicted molar refractivity (Wildman–Crippen MR) is 70.5 cm³/mol.